The Balaban J connectivity index is 0.000000286. The van der Waals surface area contributed by atoms with Gasteiger partial charge in [-0.05, 0) is 64.3 Å². The van der Waals surface area contributed by atoms with Gasteiger partial charge in [0.2, 0.25) is 0 Å². The number of esters is 1. The Bertz CT molecular complexity index is 1710. The SMILES string of the molecule is CC(C)(C)OC(=O)N1CCN(Cc2ccc(F)c(C(=O)N=[N+]=[N-])c2F)CC1.COC(=O)c1c(F)ccc(CN2CCN(C(=O)OC(C)(C)C)CC2)c1F. The Morgan fingerprint density at radius 1 is 0.679 bits per heavy atom. The number of halogens is 4. The van der Waals surface area contributed by atoms with E-state index in [-0.39, 0.29) is 30.3 Å². The normalized spacial score (nSPS) is 15.5. The molecule has 2 aromatic carbocycles. The first-order valence-corrected chi connectivity index (χ1v) is 16.8. The molecular weight excluding hydrogens is 706 g/mol. The maximum atomic E-state index is 14.5. The molecule has 4 rings (SSSR count). The van der Waals surface area contributed by atoms with E-state index in [0.717, 1.165) is 19.2 Å². The van der Waals surface area contributed by atoms with Crippen LogP contribution in [0, 0.1) is 23.3 Å². The number of amides is 3. The summed E-state index contributed by atoms with van der Waals surface area (Å²) >= 11 is 0. The van der Waals surface area contributed by atoms with Crippen LogP contribution in [0.15, 0.2) is 29.4 Å². The van der Waals surface area contributed by atoms with Crippen LogP contribution in [-0.4, -0.2) is 114 Å². The largest absolute Gasteiger partial charge is 0.465 e. The minimum atomic E-state index is -1.30. The maximum Gasteiger partial charge on any atom is 0.410 e. The van der Waals surface area contributed by atoms with Gasteiger partial charge in [0, 0.05) is 81.5 Å². The van der Waals surface area contributed by atoms with Crippen molar-refractivity contribution in [3.8, 4) is 0 Å². The van der Waals surface area contributed by atoms with Gasteiger partial charge >= 0.3 is 18.2 Å². The third-order valence-electron chi connectivity index (χ3n) is 7.92. The highest BCUT2D eigenvalue weighted by molar-refractivity contribution is 5.95. The Morgan fingerprint density at radius 2 is 1.06 bits per heavy atom. The van der Waals surface area contributed by atoms with E-state index in [1.54, 1.807) is 51.3 Å². The number of carbonyl (C=O) groups excluding carboxylic acids is 4. The van der Waals surface area contributed by atoms with Crippen molar-refractivity contribution >= 4 is 24.1 Å². The summed E-state index contributed by atoms with van der Waals surface area (Å²) in [6.07, 6.45) is -0.782. The van der Waals surface area contributed by atoms with Gasteiger partial charge in [0.1, 0.15) is 40.0 Å². The quantitative estimate of drug-likeness (QED) is 0.0829. The van der Waals surface area contributed by atoms with Gasteiger partial charge in [-0.25, -0.2) is 31.9 Å². The van der Waals surface area contributed by atoms with E-state index in [4.69, 9.17) is 15.0 Å². The summed E-state index contributed by atoms with van der Waals surface area (Å²) in [5.41, 5.74) is 5.92. The molecule has 290 valence electrons. The molecule has 2 fully saturated rings. The van der Waals surface area contributed by atoms with Crippen LogP contribution in [0.4, 0.5) is 27.2 Å². The average molecular weight is 752 g/mol. The predicted octanol–water partition coefficient (Wildman–Crippen LogP) is 6.27. The molecule has 0 unspecified atom stereocenters. The highest BCUT2D eigenvalue weighted by atomic mass is 19.1. The van der Waals surface area contributed by atoms with Gasteiger partial charge in [0.05, 0.1) is 12.7 Å². The molecule has 0 N–H and O–H groups in total. The van der Waals surface area contributed by atoms with Gasteiger partial charge in [-0.1, -0.05) is 12.1 Å². The summed E-state index contributed by atoms with van der Waals surface area (Å²) < 4.78 is 71.5. The number of azide groups is 1. The van der Waals surface area contributed by atoms with Crippen LogP contribution in [0.2, 0.25) is 0 Å². The lowest BCUT2D eigenvalue weighted by molar-refractivity contribution is 0.0128. The lowest BCUT2D eigenvalue weighted by Gasteiger charge is -2.35. The lowest BCUT2D eigenvalue weighted by Crippen LogP contribution is -2.49. The van der Waals surface area contributed by atoms with Crippen molar-refractivity contribution in [1.82, 2.24) is 19.6 Å². The van der Waals surface area contributed by atoms with Gasteiger partial charge < -0.3 is 24.0 Å². The monoisotopic (exact) mass is 751 g/mol. The zero-order valence-corrected chi connectivity index (χ0v) is 30.9. The molecule has 2 saturated heterocycles. The molecule has 53 heavy (non-hydrogen) atoms. The molecule has 0 spiro atoms. The molecular formula is C35H45F4N7O7. The van der Waals surface area contributed by atoms with Crippen molar-refractivity contribution in [2.75, 3.05) is 59.5 Å². The van der Waals surface area contributed by atoms with Crippen molar-refractivity contribution < 1.29 is 51.0 Å². The number of benzene rings is 2. The van der Waals surface area contributed by atoms with Crippen LogP contribution < -0.4 is 0 Å². The van der Waals surface area contributed by atoms with Crippen LogP contribution in [0.25, 0.3) is 10.4 Å². The fourth-order valence-electron chi connectivity index (χ4n) is 5.32. The molecule has 2 heterocycles. The fourth-order valence-corrected chi connectivity index (χ4v) is 5.32. The molecule has 0 aliphatic carbocycles. The summed E-state index contributed by atoms with van der Waals surface area (Å²) in [5.74, 6) is -6.33. The molecule has 0 radical (unpaired) electrons. The minimum Gasteiger partial charge on any atom is -0.465 e. The van der Waals surface area contributed by atoms with E-state index in [9.17, 15) is 36.7 Å². The summed E-state index contributed by atoms with van der Waals surface area (Å²) in [7, 11) is 1.07. The van der Waals surface area contributed by atoms with Gasteiger partial charge in [-0.3, -0.25) is 14.6 Å². The van der Waals surface area contributed by atoms with E-state index in [2.05, 4.69) is 14.8 Å². The average Bonchev–Trinajstić information content (AvgIpc) is 3.07. The van der Waals surface area contributed by atoms with Crippen molar-refractivity contribution in [3.05, 3.63) is 80.2 Å². The number of carbonyl (C=O) groups is 4. The zero-order chi connectivity index (χ0) is 39.7. The van der Waals surface area contributed by atoms with Gasteiger partial charge in [0.15, 0.2) is 0 Å². The molecule has 18 heteroatoms. The number of hydrogen-bond donors (Lipinski definition) is 0. The zero-order valence-electron chi connectivity index (χ0n) is 30.9. The second kappa shape index (κ2) is 18.2. The van der Waals surface area contributed by atoms with Gasteiger partial charge in [-0.2, -0.15) is 0 Å². The van der Waals surface area contributed by atoms with Crippen LogP contribution in [0.3, 0.4) is 0 Å². The van der Waals surface area contributed by atoms with Crippen LogP contribution in [-0.2, 0) is 27.3 Å². The minimum absolute atomic E-state index is 0.110. The highest BCUT2D eigenvalue weighted by Gasteiger charge is 2.29. The summed E-state index contributed by atoms with van der Waals surface area (Å²) in [6.45, 7) is 14.8. The van der Waals surface area contributed by atoms with Crippen molar-refractivity contribution in [2.24, 2.45) is 5.11 Å². The van der Waals surface area contributed by atoms with Crippen LogP contribution in [0.1, 0.15) is 73.4 Å². The number of nitrogens with zero attached hydrogens (tertiary/aromatic N) is 7. The Labute approximate surface area is 305 Å². The number of hydrogen-bond acceptors (Lipinski definition) is 9. The predicted molar refractivity (Wildman–Crippen MR) is 184 cm³/mol. The number of methoxy groups -OCH3 is 1. The highest BCUT2D eigenvalue weighted by Crippen LogP contribution is 2.22. The van der Waals surface area contributed by atoms with E-state index >= 15 is 0 Å². The molecule has 0 aromatic heterocycles. The van der Waals surface area contributed by atoms with Crippen molar-refractivity contribution in [2.45, 2.75) is 65.8 Å². The molecule has 2 aromatic rings. The molecule has 0 atom stereocenters. The number of rotatable bonds is 6. The molecule has 14 nitrogen and oxygen atoms in total. The first-order valence-electron chi connectivity index (χ1n) is 16.8. The smallest absolute Gasteiger partial charge is 0.410 e. The summed E-state index contributed by atoms with van der Waals surface area (Å²) in [4.78, 5) is 56.5. The Morgan fingerprint density at radius 3 is 1.42 bits per heavy atom. The second-order valence-corrected chi connectivity index (χ2v) is 14.3. The van der Waals surface area contributed by atoms with E-state index < -0.39 is 63.6 Å². The second-order valence-electron chi connectivity index (χ2n) is 14.3. The third kappa shape index (κ3) is 12.3. The van der Waals surface area contributed by atoms with E-state index in [1.165, 1.54) is 12.1 Å². The van der Waals surface area contributed by atoms with E-state index in [1.807, 2.05) is 9.80 Å². The third-order valence-corrected chi connectivity index (χ3v) is 7.92. The summed E-state index contributed by atoms with van der Waals surface area (Å²) in [5, 5.41) is 2.75. The fraction of sp³-hybridized carbons (Fsp3) is 0.543. The van der Waals surface area contributed by atoms with E-state index in [0.29, 0.717) is 52.4 Å². The van der Waals surface area contributed by atoms with Crippen LogP contribution >= 0.6 is 0 Å². The van der Waals surface area contributed by atoms with Crippen LogP contribution in [0.5, 0.6) is 0 Å². The molecule has 0 saturated carbocycles. The lowest BCUT2D eigenvalue weighted by atomic mass is 10.1. The number of ether oxygens (including phenoxy) is 3. The Hall–Kier alpha value is -4.93. The standard InChI is InChI=1S/C18H24F2N2O4.C17H21F2N5O3/c1-18(2,3)26-17(24)22-9-7-21(8-10-22)11-12-5-6-13(19)14(15(12)20)16(23)25-4;1-17(2,3)27-16(26)24-8-6-23(7-9-24)10-11-4-5-12(18)13(14(11)19)15(25)21-22-20/h5-6H,7-11H2,1-4H3;4-5H,6-10H2,1-3H3. The van der Waals surface area contributed by atoms with Gasteiger partial charge in [-0.15, -0.1) is 0 Å². The molecule has 3 amide bonds. The summed E-state index contributed by atoms with van der Waals surface area (Å²) in [6, 6.07) is 4.59. The topological polar surface area (TPSA) is 158 Å². The van der Waals surface area contributed by atoms with Crippen molar-refractivity contribution in [3.63, 3.8) is 0 Å². The van der Waals surface area contributed by atoms with Gasteiger partial charge in [0.25, 0.3) is 5.91 Å². The first-order chi connectivity index (χ1) is 24.7. The molecule has 2 aliphatic rings. The maximum absolute atomic E-state index is 14.5. The number of piperazine rings is 2. The first kappa shape index (κ1) is 42.5. The molecule has 0 bridgehead atoms. The molecule has 2 aliphatic heterocycles. The Kier molecular flexibility index (Phi) is 14.6. The van der Waals surface area contributed by atoms with Crippen molar-refractivity contribution in [1.29, 1.82) is 0 Å².